The Morgan fingerprint density at radius 1 is 1.26 bits per heavy atom. The van der Waals surface area contributed by atoms with Gasteiger partial charge in [0.15, 0.2) is 4.34 Å². The summed E-state index contributed by atoms with van der Waals surface area (Å²) in [5, 5.41) is 11.2. The van der Waals surface area contributed by atoms with Crippen LogP contribution in [0.4, 0.5) is 4.39 Å². The van der Waals surface area contributed by atoms with Gasteiger partial charge in [-0.1, -0.05) is 37.2 Å². The maximum Gasteiger partial charge on any atom is 0.155 e. The van der Waals surface area contributed by atoms with E-state index in [1.54, 1.807) is 29.2 Å². The summed E-state index contributed by atoms with van der Waals surface area (Å²) in [6.45, 7) is 3.71. The number of alkyl halides is 1. The van der Waals surface area contributed by atoms with Gasteiger partial charge in [-0.05, 0) is 31.0 Å². The second kappa shape index (κ2) is 7.23. The van der Waals surface area contributed by atoms with Gasteiger partial charge in [-0.2, -0.15) is 15.4 Å². The zero-order chi connectivity index (χ0) is 16.2. The molecule has 1 aromatic carbocycles. The molecule has 0 bridgehead atoms. The van der Waals surface area contributed by atoms with Crippen LogP contribution in [-0.2, 0) is 13.1 Å². The average Bonchev–Trinajstić information content (AvgIpc) is 3.14. The monoisotopic (exact) mass is 348 g/mol. The number of aromatic amines is 1. The van der Waals surface area contributed by atoms with Crippen LogP contribution < -0.4 is 0 Å². The van der Waals surface area contributed by atoms with Crippen molar-refractivity contribution in [3.63, 3.8) is 0 Å². The Hall–Kier alpha value is -1.73. The topological polar surface area (TPSA) is 54.5 Å². The average molecular weight is 348 g/mol. The summed E-state index contributed by atoms with van der Waals surface area (Å²) in [5.41, 5.74) is 3.36. The van der Waals surface area contributed by atoms with Crippen molar-refractivity contribution in [2.45, 2.75) is 42.6 Å². The van der Waals surface area contributed by atoms with Gasteiger partial charge in [-0.15, -0.1) is 11.3 Å². The first-order valence-corrected chi connectivity index (χ1v) is 9.04. The molecule has 120 valence electrons. The van der Waals surface area contributed by atoms with Crippen molar-refractivity contribution in [2.24, 2.45) is 0 Å². The van der Waals surface area contributed by atoms with Crippen LogP contribution in [0.15, 0.2) is 33.5 Å². The molecule has 0 saturated heterocycles. The highest BCUT2D eigenvalue weighted by Crippen LogP contribution is 2.36. The fourth-order valence-corrected chi connectivity index (χ4v) is 4.45. The van der Waals surface area contributed by atoms with Gasteiger partial charge in [0.2, 0.25) is 0 Å². The molecule has 4 nitrogen and oxygen atoms in total. The van der Waals surface area contributed by atoms with E-state index in [4.69, 9.17) is 4.98 Å². The molecule has 23 heavy (non-hydrogen) atoms. The highest BCUT2D eigenvalue weighted by Gasteiger charge is 2.17. The highest BCUT2D eigenvalue weighted by atomic mass is 32.2. The second-order valence-electron chi connectivity index (χ2n) is 5.14. The van der Waals surface area contributed by atoms with Gasteiger partial charge in [0.25, 0.3) is 0 Å². The predicted molar refractivity (Wildman–Crippen MR) is 91.6 cm³/mol. The van der Waals surface area contributed by atoms with E-state index in [0.717, 1.165) is 44.0 Å². The van der Waals surface area contributed by atoms with Gasteiger partial charge >= 0.3 is 0 Å². The Morgan fingerprint density at radius 3 is 2.91 bits per heavy atom. The molecule has 3 rings (SSSR count). The summed E-state index contributed by atoms with van der Waals surface area (Å²) < 4.78 is 13.7. The van der Waals surface area contributed by atoms with Crippen LogP contribution in [0.25, 0.3) is 11.4 Å². The van der Waals surface area contributed by atoms with Crippen LogP contribution >= 0.6 is 23.1 Å². The van der Waals surface area contributed by atoms with Crippen LogP contribution in [0.5, 0.6) is 0 Å². The van der Waals surface area contributed by atoms with Crippen LogP contribution in [0.3, 0.4) is 0 Å². The number of H-pyrrole nitrogens is 1. The molecule has 2 heterocycles. The first-order chi connectivity index (χ1) is 11.2. The van der Waals surface area contributed by atoms with Crippen molar-refractivity contribution in [2.75, 3.05) is 0 Å². The minimum Gasteiger partial charge on any atom is -0.246 e. The Bertz CT molecular complexity index is 797. The summed E-state index contributed by atoms with van der Waals surface area (Å²) in [6.07, 6.45) is 1.89. The van der Waals surface area contributed by atoms with E-state index >= 15 is 0 Å². The van der Waals surface area contributed by atoms with E-state index in [0.29, 0.717) is 5.56 Å². The maximum absolute atomic E-state index is 12.8. The van der Waals surface area contributed by atoms with E-state index in [9.17, 15) is 4.39 Å². The standard InChI is InChI=1S/C16H17FN4S2/c1-3-5-13-15(20-21-19-13)14-10(2)22-16(18-14)23-12-7-4-6-11(8-12)9-17/h4,6-8H,3,5,9H2,1-2H3,(H,19,20,21). The van der Waals surface area contributed by atoms with Crippen molar-refractivity contribution >= 4 is 23.1 Å². The third-order valence-corrected chi connectivity index (χ3v) is 5.39. The first kappa shape index (κ1) is 16.1. The summed E-state index contributed by atoms with van der Waals surface area (Å²) in [6, 6.07) is 7.49. The fourth-order valence-electron chi connectivity index (χ4n) is 2.28. The number of hydrogen-bond acceptors (Lipinski definition) is 5. The SMILES string of the molecule is CCCc1n[nH]nc1-c1nc(Sc2cccc(CF)c2)sc1C. The van der Waals surface area contributed by atoms with Gasteiger partial charge in [0, 0.05) is 9.77 Å². The van der Waals surface area contributed by atoms with Gasteiger partial charge in [0.05, 0.1) is 5.69 Å². The van der Waals surface area contributed by atoms with E-state index in [-0.39, 0.29) is 0 Å². The van der Waals surface area contributed by atoms with Crippen LogP contribution in [0, 0.1) is 6.92 Å². The van der Waals surface area contributed by atoms with Crippen molar-refractivity contribution in [1.82, 2.24) is 20.4 Å². The molecule has 0 aliphatic carbocycles. The van der Waals surface area contributed by atoms with Crippen LogP contribution in [0.2, 0.25) is 0 Å². The number of hydrogen-bond donors (Lipinski definition) is 1. The zero-order valence-electron chi connectivity index (χ0n) is 13.0. The van der Waals surface area contributed by atoms with Gasteiger partial charge in [0.1, 0.15) is 18.1 Å². The first-order valence-electron chi connectivity index (χ1n) is 7.41. The van der Waals surface area contributed by atoms with Crippen molar-refractivity contribution in [1.29, 1.82) is 0 Å². The molecule has 0 fully saturated rings. The van der Waals surface area contributed by atoms with Gasteiger partial charge in [-0.25, -0.2) is 9.37 Å². The quantitative estimate of drug-likeness (QED) is 0.694. The lowest BCUT2D eigenvalue weighted by Gasteiger charge is -1.99. The number of aromatic nitrogens is 4. The molecule has 0 spiro atoms. The molecule has 0 atom stereocenters. The molecule has 0 saturated carbocycles. The van der Waals surface area contributed by atoms with Crippen LogP contribution in [0.1, 0.15) is 29.5 Å². The summed E-state index contributed by atoms with van der Waals surface area (Å²) in [7, 11) is 0. The lowest BCUT2D eigenvalue weighted by atomic mass is 10.1. The Kier molecular flexibility index (Phi) is 5.07. The molecule has 0 aliphatic heterocycles. The Balaban J connectivity index is 1.87. The van der Waals surface area contributed by atoms with E-state index < -0.39 is 6.67 Å². The number of benzene rings is 1. The predicted octanol–water partition coefficient (Wildman–Crippen LogP) is 4.81. The third-order valence-electron chi connectivity index (χ3n) is 3.37. The fraction of sp³-hybridized carbons (Fsp3) is 0.312. The molecule has 3 aromatic rings. The van der Waals surface area contributed by atoms with Crippen molar-refractivity contribution in [3.8, 4) is 11.4 Å². The largest absolute Gasteiger partial charge is 0.246 e. The normalized spacial score (nSPS) is 11.1. The molecule has 7 heteroatoms. The molecule has 0 unspecified atom stereocenters. The van der Waals surface area contributed by atoms with Gasteiger partial charge in [-0.3, -0.25) is 0 Å². The maximum atomic E-state index is 12.8. The molecule has 2 aromatic heterocycles. The van der Waals surface area contributed by atoms with Gasteiger partial charge < -0.3 is 0 Å². The molecular weight excluding hydrogens is 331 g/mol. The summed E-state index contributed by atoms with van der Waals surface area (Å²) in [4.78, 5) is 6.82. The molecular formula is C16H17FN4S2. The van der Waals surface area contributed by atoms with Crippen molar-refractivity contribution < 1.29 is 4.39 Å². The molecule has 0 amide bonds. The number of nitrogens with zero attached hydrogens (tertiary/aromatic N) is 3. The Morgan fingerprint density at radius 2 is 2.13 bits per heavy atom. The van der Waals surface area contributed by atoms with E-state index in [2.05, 4.69) is 22.3 Å². The van der Waals surface area contributed by atoms with E-state index in [1.807, 2.05) is 25.1 Å². The number of halogens is 1. The van der Waals surface area contributed by atoms with E-state index in [1.165, 1.54) is 0 Å². The molecule has 1 N–H and O–H groups in total. The second-order valence-corrected chi connectivity index (χ2v) is 7.66. The Labute approximate surface area is 142 Å². The van der Waals surface area contributed by atoms with Crippen LogP contribution in [-0.4, -0.2) is 20.4 Å². The zero-order valence-corrected chi connectivity index (χ0v) is 14.6. The third kappa shape index (κ3) is 3.61. The summed E-state index contributed by atoms with van der Waals surface area (Å²) in [5.74, 6) is 0. The molecule has 0 radical (unpaired) electrons. The minimum atomic E-state index is -0.449. The number of nitrogens with one attached hydrogen (secondary N) is 1. The highest BCUT2D eigenvalue weighted by molar-refractivity contribution is 8.01. The minimum absolute atomic E-state index is 0.449. The van der Waals surface area contributed by atoms with Crippen molar-refractivity contribution in [3.05, 3.63) is 40.4 Å². The number of rotatable bonds is 6. The lowest BCUT2D eigenvalue weighted by Crippen LogP contribution is -1.90. The lowest BCUT2D eigenvalue weighted by molar-refractivity contribution is 0.484. The number of aryl methyl sites for hydroxylation is 2. The summed E-state index contributed by atoms with van der Waals surface area (Å²) >= 11 is 3.18. The number of thiazole rings is 1. The smallest absolute Gasteiger partial charge is 0.155 e. The molecule has 0 aliphatic rings.